The first-order valence-electron chi connectivity index (χ1n) is 7.50. The van der Waals surface area contributed by atoms with Crippen molar-refractivity contribution in [1.82, 2.24) is 5.43 Å². The van der Waals surface area contributed by atoms with Gasteiger partial charge in [-0.2, -0.15) is 5.10 Å². The summed E-state index contributed by atoms with van der Waals surface area (Å²) in [4.78, 5) is 23.8. The zero-order valence-corrected chi connectivity index (χ0v) is 15.1. The molecule has 0 bridgehead atoms. The minimum atomic E-state index is -0.807. The second-order valence-electron chi connectivity index (χ2n) is 5.18. The Morgan fingerprint density at radius 1 is 1.00 bits per heavy atom. The molecule has 2 rings (SSSR count). The quantitative estimate of drug-likeness (QED) is 0.477. The number of hydrazone groups is 1. The second kappa shape index (κ2) is 8.40. The molecule has 2 N–H and O–H groups in total. The molecule has 0 aliphatic carbocycles. The van der Waals surface area contributed by atoms with Crippen LogP contribution in [0.1, 0.15) is 24.5 Å². The van der Waals surface area contributed by atoms with Crippen molar-refractivity contribution in [3.63, 3.8) is 0 Å². The number of nitrogens with zero attached hydrogens (tertiary/aromatic N) is 1. The van der Waals surface area contributed by atoms with Crippen LogP contribution in [0.25, 0.3) is 0 Å². The number of halogens is 1. The molecule has 0 atom stereocenters. The van der Waals surface area contributed by atoms with E-state index < -0.39 is 11.8 Å². The predicted octanol–water partition coefficient (Wildman–Crippen LogP) is 3.63. The molecule has 0 spiro atoms. The number of hydrogen-bond acceptors (Lipinski definition) is 3. The Morgan fingerprint density at radius 2 is 1.62 bits per heavy atom. The molecular weight excluding hydrogens is 370 g/mol. The molecule has 0 aliphatic rings. The molecule has 0 heterocycles. The largest absolute Gasteiger partial charge is 0.329 e. The molecule has 0 radical (unpaired) electrons. The van der Waals surface area contributed by atoms with Crippen molar-refractivity contribution in [2.75, 3.05) is 5.32 Å². The van der Waals surface area contributed by atoms with Crippen LogP contribution >= 0.6 is 15.9 Å². The lowest BCUT2D eigenvalue weighted by Crippen LogP contribution is -2.33. The van der Waals surface area contributed by atoms with Crippen LogP contribution in [0.2, 0.25) is 0 Å². The lowest BCUT2D eigenvalue weighted by Gasteiger charge is -2.06. The normalized spacial score (nSPS) is 11.0. The van der Waals surface area contributed by atoms with E-state index in [0.29, 0.717) is 17.8 Å². The van der Waals surface area contributed by atoms with Gasteiger partial charge in [0.2, 0.25) is 0 Å². The van der Waals surface area contributed by atoms with Gasteiger partial charge in [-0.1, -0.05) is 52.7 Å². The van der Waals surface area contributed by atoms with E-state index in [4.69, 9.17) is 0 Å². The Morgan fingerprint density at radius 3 is 2.21 bits per heavy atom. The number of hydrogen-bond donors (Lipinski definition) is 2. The number of carbonyl (C=O) groups is 2. The first-order valence-corrected chi connectivity index (χ1v) is 8.29. The summed E-state index contributed by atoms with van der Waals surface area (Å²) in [5.41, 5.74) is 5.52. The average Bonchev–Trinajstić information content (AvgIpc) is 2.58. The molecule has 5 nitrogen and oxygen atoms in total. The van der Waals surface area contributed by atoms with Crippen LogP contribution in [0.5, 0.6) is 0 Å². The van der Waals surface area contributed by atoms with Gasteiger partial charge in [0.25, 0.3) is 0 Å². The van der Waals surface area contributed by atoms with Crippen molar-refractivity contribution in [1.29, 1.82) is 0 Å². The van der Waals surface area contributed by atoms with Gasteiger partial charge in [0.1, 0.15) is 0 Å². The average molecular weight is 388 g/mol. The third-order valence-corrected chi connectivity index (χ3v) is 3.85. The van der Waals surface area contributed by atoms with Crippen molar-refractivity contribution in [3.05, 3.63) is 64.1 Å². The maximum Gasteiger partial charge on any atom is 0.329 e. The Kier molecular flexibility index (Phi) is 6.26. The first-order chi connectivity index (χ1) is 11.5. The lowest BCUT2D eigenvalue weighted by atomic mass is 10.1. The number of carbonyl (C=O) groups excluding carboxylic acids is 2. The van der Waals surface area contributed by atoms with E-state index in [1.165, 1.54) is 0 Å². The number of rotatable bonds is 4. The molecule has 24 heavy (non-hydrogen) atoms. The second-order valence-corrected chi connectivity index (χ2v) is 6.10. The Hall–Kier alpha value is -2.47. The Labute approximate surface area is 149 Å². The monoisotopic (exact) mass is 387 g/mol. The molecule has 2 amide bonds. The van der Waals surface area contributed by atoms with Gasteiger partial charge in [-0.05, 0) is 43.2 Å². The number of aryl methyl sites for hydroxylation is 1. The van der Waals surface area contributed by atoms with Gasteiger partial charge in [-0.25, -0.2) is 5.43 Å². The smallest absolute Gasteiger partial charge is 0.318 e. The fourth-order valence-corrected chi connectivity index (χ4v) is 2.25. The van der Waals surface area contributed by atoms with Gasteiger partial charge < -0.3 is 5.32 Å². The molecule has 2 aromatic rings. The summed E-state index contributed by atoms with van der Waals surface area (Å²) in [5.74, 6) is -1.56. The number of anilines is 1. The lowest BCUT2D eigenvalue weighted by molar-refractivity contribution is -0.136. The van der Waals surface area contributed by atoms with Gasteiger partial charge in [-0.15, -0.1) is 0 Å². The van der Waals surface area contributed by atoms with Crippen LogP contribution in [-0.2, 0) is 9.59 Å². The molecule has 0 unspecified atom stereocenters. The van der Waals surface area contributed by atoms with Crippen molar-refractivity contribution in [2.45, 2.75) is 20.3 Å². The highest BCUT2D eigenvalue weighted by atomic mass is 79.9. The highest BCUT2D eigenvalue weighted by Gasteiger charge is 2.13. The molecule has 6 heteroatoms. The van der Waals surface area contributed by atoms with E-state index in [1.54, 1.807) is 12.1 Å². The van der Waals surface area contributed by atoms with E-state index in [0.717, 1.165) is 15.6 Å². The summed E-state index contributed by atoms with van der Waals surface area (Å²) < 4.78 is 0.961. The summed E-state index contributed by atoms with van der Waals surface area (Å²) >= 11 is 3.37. The van der Waals surface area contributed by atoms with Crippen molar-refractivity contribution in [3.8, 4) is 0 Å². The summed E-state index contributed by atoms with van der Waals surface area (Å²) in [6, 6.07) is 14.8. The van der Waals surface area contributed by atoms with Crippen LogP contribution in [0.15, 0.2) is 58.1 Å². The third-order valence-electron chi connectivity index (χ3n) is 3.32. The summed E-state index contributed by atoms with van der Waals surface area (Å²) in [6.07, 6.45) is 0.626. The Bertz CT molecular complexity index is 753. The van der Waals surface area contributed by atoms with Crippen molar-refractivity contribution < 1.29 is 9.59 Å². The molecule has 0 aliphatic heterocycles. The zero-order valence-electron chi connectivity index (χ0n) is 13.5. The van der Waals surface area contributed by atoms with Gasteiger partial charge in [0.15, 0.2) is 0 Å². The van der Waals surface area contributed by atoms with Crippen LogP contribution in [0, 0.1) is 6.92 Å². The van der Waals surface area contributed by atoms with Gasteiger partial charge in [0.05, 0.1) is 5.71 Å². The van der Waals surface area contributed by atoms with Crippen LogP contribution in [-0.4, -0.2) is 17.5 Å². The van der Waals surface area contributed by atoms with Crippen LogP contribution in [0.4, 0.5) is 5.69 Å². The van der Waals surface area contributed by atoms with Gasteiger partial charge in [-0.3, -0.25) is 9.59 Å². The molecule has 0 saturated heterocycles. The summed E-state index contributed by atoms with van der Waals surface area (Å²) in [6.45, 7) is 3.88. The van der Waals surface area contributed by atoms with Gasteiger partial charge >= 0.3 is 11.8 Å². The first kappa shape index (κ1) is 17.9. The molecule has 124 valence electrons. The maximum atomic E-state index is 11.9. The minimum absolute atomic E-state index is 0.563. The topological polar surface area (TPSA) is 70.6 Å². The molecule has 0 fully saturated rings. The van der Waals surface area contributed by atoms with Crippen LogP contribution in [0.3, 0.4) is 0 Å². The van der Waals surface area contributed by atoms with E-state index in [9.17, 15) is 9.59 Å². The third kappa shape index (κ3) is 5.03. The number of benzene rings is 2. The van der Waals surface area contributed by atoms with E-state index >= 15 is 0 Å². The van der Waals surface area contributed by atoms with Crippen LogP contribution < -0.4 is 10.7 Å². The van der Waals surface area contributed by atoms with E-state index in [2.05, 4.69) is 31.8 Å². The molecular formula is C18H18BrN3O2. The number of nitrogens with one attached hydrogen (secondary N) is 2. The van der Waals surface area contributed by atoms with Crippen molar-refractivity contribution in [2.24, 2.45) is 5.10 Å². The summed E-state index contributed by atoms with van der Waals surface area (Å²) in [7, 11) is 0. The fourth-order valence-electron chi connectivity index (χ4n) is 1.98. The fraction of sp³-hybridized carbons (Fsp3) is 0.167. The summed E-state index contributed by atoms with van der Waals surface area (Å²) in [5, 5.41) is 6.59. The standard InChI is InChI=1S/C18H18BrN3O2/c1-3-16(13-6-8-14(19)9-7-13)21-22-18(24)17(23)20-15-10-4-12(2)5-11-15/h4-11H,3H2,1-2H3,(H,20,23)(H,22,24)/b21-16-. The number of amides is 2. The van der Waals surface area contributed by atoms with E-state index in [1.807, 2.05) is 50.2 Å². The van der Waals surface area contributed by atoms with Crippen molar-refractivity contribution >= 4 is 39.1 Å². The highest BCUT2D eigenvalue weighted by molar-refractivity contribution is 9.10. The molecule has 0 saturated carbocycles. The molecule has 2 aromatic carbocycles. The Balaban J connectivity index is 2.00. The van der Waals surface area contributed by atoms with E-state index in [-0.39, 0.29) is 0 Å². The predicted molar refractivity (Wildman–Crippen MR) is 98.9 cm³/mol. The highest BCUT2D eigenvalue weighted by Crippen LogP contribution is 2.12. The zero-order chi connectivity index (χ0) is 17.5. The minimum Gasteiger partial charge on any atom is -0.318 e. The van der Waals surface area contributed by atoms with Gasteiger partial charge in [0, 0.05) is 10.2 Å². The maximum absolute atomic E-state index is 11.9. The SMILES string of the molecule is CC/C(=N/NC(=O)C(=O)Nc1ccc(C)cc1)c1ccc(Br)cc1. The molecule has 0 aromatic heterocycles.